The van der Waals surface area contributed by atoms with Crippen molar-refractivity contribution >= 4 is 39.0 Å². The molecule has 0 saturated carbocycles. The predicted molar refractivity (Wildman–Crippen MR) is 211 cm³/mol. The monoisotopic (exact) mass is 665 g/mol. The van der Waals surface area contributed by atoms with Crippen LogP contribution in [0.2, 0.25) is 0 Å². The van der Waals surface area contributed by atoms with Crippen LogP contribution in [0.1, 0.15) is 22.3 Å². The number of rotatable bonds is 3. The van der Waals surface area contributed by atoms with Crippen LogP contribution in [-0.4, -0.2) is 0 Å². The van der Waals surface area contributed by atoms with E-state index in [0.29, 0.717) is 0 Å². The van der Waals surface area contributed by atoms with Gasteiger partial charge >= 0.3 is 0 Å². The topological polar surface area (TPSA) is 25.6 Å². The molecule has 0 amide bonds. The van der Waals surface area contributed by atoms with Crippen LogP contribution in [0.25, 0.3) is 44.2 Å². The minimum atomic E-state index is -0.657. The fraction of sp³-hybridized carbons (Fsp3) is 0.0204. The molecule has 1 aromatic heterocycles. The van der Waals surface area contributed by atoms with Gasteiger partial charge in [0.15, 0.2) is 0 Å². The van der Waals surface area contributed by atoms with Crippen molar-refractivity contribution in [3.8, 4) is 33.8 Å². The van der Waals surface area contributed by atoms with Crippen LogP contribution < -0.4 is 9.64 Å². The lowest BCUT2D eigenvalue weighted by atomic mass is 9.61. The van der Waals surface area contributed by atoms with Crippen molar-refractivity contribution in [1.82, 2.24) is 0 Å². The summed E-state index contributed by atoms with van der Waals surface area (Å²) in [6.45, 7) is 0. The maximum Gasteiger partial charge on any atom is 0.143 e. The highest BCUT2D eigenvalue weighted by atomic mass is 16.5. The number of fused-ring (bicyclic) bond motifs is 11. The molecule has 1 spiro atoms. The van der Waals surface area contributed by atoms with Gasteiger partial charge in [0.05, 0.1) is 16.8 Å². The lowest BCUT2D eigenvalue weighted by Crippen LogP contribution is -2.39. The summed E-state index contributed by atoms with van der Waals surface area (Å²) in [4.78, 5) is 2.43. The average Bonchev–Trinajstić information content (AvgIpc) is 3.60. The van der Waals surface area contributed by atoms with E-state index >= 15 is 0 Å². The summed E-state index contributed by atoms with van der Waals surface area (Å²) in [5.74, 6) is 1.74. The van der Waals surface area contributed by atoms with Crippen molar-refractivity contribution in [2.75, 3.05) is 4.90 Å². The summed E-state index contributed by atoms with van der Waals surface area (Å²) in [5, 5.41) is 2.24. The van der Waals surface area contributed by atoms with Crippen molar-refractivity contribution in [2.24, 2.45) is 0 Å². The smallest absolute Gasteiger partial charge is 0.143 e. The van der Waals surface area contributed by atoms with Gasteiger partial charge in [-0.1, -0.05) is 140 Å². The summed E-state index contributed by atoms with van der Waals surface area (Å²) < 4.78 is 13.3. The highest BCUT2D eigenvalue weighted by Crippen LogP contribution is 2.63. The van der Waals surface area contributed by atoms with Gasteiger partial charge in [0.25, 0.3) is 0 Å². The Balaban J connectivity index is 1.22. The van der Waals surface area contributed by atoms with Crippen molar-refractivity contribution in [3.63, 3.8) is 0 Å². The van der Waals surface area contributed by atoms with E-state index in [1.807, 2.05) is 6.07 Å². The van der Waals surface area contributed by atoms with E-state index in [2.05, 4.69) is 187 Å². The summed E-state index contributed by atoms with van der Waals surface area (Å²) in [5.41, 5.74) is 13.7. The van der Waals surface area contributed by atoms with Crippen LogP contribution in [0, 0.1) is 0 Å². The lowest BCUT2D eigenvalue weighted by molar-refractivity contribution is 0.434. The molecular weight excluding hydrogens is 635 g/mol. The Morgan fingerprint density at radius 3 is 1.79 bits per heavy atom. The predicted octanol–water partition coefficient (Wildman–Crippen LogP) is 13.2. The maximum atomic E-state index is 6.68. The minimum Gasteiger partial charge on any atom is -0.457 e. The molecule has 0 unspecified atom stereocenters. The first-order chi connectivity index (χ1) is 25.8. The van der Waals surface area contributed by atoms with Crippen molar-refractivity contribution in [3.05, 3.63) is 210 Å². The first-order valence-corrected chi connectivity index (χ1v) is 17.8. The van der Waals surface area contributed by atoms with Crippen LogP contribution in [0.3, 0.4) is 0 Å². The molecule has 3 heteroatoms. The maximum absolute atomic E-state index is 6.68. The van der Waals surface area contributed by atoms with E-state index in [4.69, 9.17) is 9.15 Å². The van der Waals surface area contributed by atoms with E-state index in [1.165, 1.54) is 22.3 Å². The number of furan rings is 1. The number of benzene rings is 8. The standard InChI is InChI=1S/C49H31NO2/c1-2-13-32(14-3-1)33-25-28-35(29-26-33)50-43-21-8-5-18-39(43)49(40-19-6-10-23-46(40)51-47-24-11-7-20-41(47)49)42-31-34(27-30-44(42)50)36-16-12-17-38-37-15-4-9-22-45(37)52-48(36)38/h1-31H. The van der Waals surface area contributed by atoms with E-state index in [0.717, 1.165) is 72.8 Å². The number of para-hydroxylation sites is 5. The number of nitrogens with zero attached hydrogens (tertiary/aromatic N) is 1. The summed E-state index contributed by atoms with van der Waals surface area (Å²) in [6.07, 6.45) is 0. The number of hydrogen-bond donors (Lipinski definition) is 0. The Morgan fingerprint density at radius 1 is 0.404 bits per heavy atom. The Bertz CT molecular complexity index is 2790. The van der Waals surface area contributed by atoms with Gasteiger partial charge < -0.3 is 14.1 Å². The first-order valence-electron chi connectivity index (χ1n) is 17.8. The molecule has 3 nitrogen and oxygen atoms in total. The van der Waals surface area contributed by atoms with Crippen molar-refractivity contribution in [2.45, 2.75) is 5.41 Å². The highest BCUT2D eigenvalue weighted by molar-refractivity contribution is 6.09. The van der Waals surface area contributed by atoms with Gasteiger partial charge in [-0.05, 0) is 76.3 Å². The van der Waals surface area contributed by atoms with Gasteiger partial charge in [-0.3, -0.25) is 0 Å². The summed E-state index contributed by atoms with van der Waals surface area (Å²) in [6, 6.07) is 67.2. The van der Waals surface area contributed by atoms with Crippen molar-refractivity contribution in [1.29, 1.82) is 0 Å². The van der Waals surface area contributed by atoms with Gasteiger partial charge in [0.2, 0.25) is 0 Å². The SMILES string of the molecule is c1ccc(-c2ccc(N3c4ccccc4C4(c5ccccc5Oc5ccccc54)c4cc(-c5cccc6c5oc5ccccc56)ccc43)cc2)cc1. The third-order valence-corrected chi connectivity index (χ3v) is 10.9. The zero-order valence-electron chi connectivity index (χ0n) is 28.2. The molecule has 2 aliphatic rings. The molecule has 0 saturated heterocycles. The summed E-state index contributed by atoms with van der Waals surface area (Å²) >= 11 is 0. The van der Waals surface area contributed by atoms with E-state index < -0.39 is 5.41 Å². The molecule has 244 valence electrons. The van der Waals surface area contributed by atoms with Gasteiger partial charge in [0.1, 0.15) is 22.7 Å². The van der Waals surface area contributed by atoms with Gasteiger partial charge in [-0.25, -0.2) is 0 Å². The summed E-state index contributed by atoms with van der Waals surface area (Å²) in [7, 11) is 0. The lowest BCUT2D eigenvalue weighted by Gasteiger charge is -2.48. The van der Waals surface area contributed by atoms with Crippen LogP contribution in [0.4, 0.5) is 17.1 Å². The van der Waals surface area contributed by atoms with Gasteiger partial charge in [-0.2, -0.15) is 0 Å². The van der Waals surface area contributed by atoms with Gasteiger partial charge in [0, 0.05) is 33.2 Å². The molecule has 0 radical (unpaired) electrons. The van der Waals surface area contributed by atoms with Crippen molar-refractivity contribution < 1.29 is 9.15 Å². The van der Waals surface area contributed by atoms with Gasteiger partial charge in [-0.15, -0.1) is 0 Å². The Kier molecular flexibility index (Phi) is 6.17. The molecule has 2 aliphatic heterocycles. The Labute approximate surface area is 301 Å². The Morgan fingerprint density at radius 2 is 1.00 bits per heavy atom. The molecule has 0 aliphatic carbocycles. The van der Waals surface area contributed by atoms with E-state index in [-0.39, 0.29) is 0 Å². The Hall–Kier alpha value is -6.84. The molecule has 9 aromatic rings. The second-order valence-corrected chi connectivity index (χ2v) is 13.6. The first kappa shape index (κ1) is 28.9. The van der Waals surface area contributed by atoms with E-state index in [1.54, 1.807) is 0 Å². The zero-order valence-corrected chi connectivity index (χ0v) is 28.2. The quantitative estimate of drug-likeness (QED) is 0.188. The molecule has 0 bridgehead atoms. The molecule has 3 heterocycles. The third kappa shape index (κ3) is 4.02. The molecule has 0 fully saturated rings. The van der Waals surface area contributed by atoms with Crippen LogP contribution in [0.15, 0.2) is 192 Å². The minimum absolute atomic E-state index is 0.657. The highest BCUT2D eigenvalue weighted by Gasteiger charge is 2.51. The normalized spacial score (nSPS) is 13.7. The molecule has 0 N–H and O–H groups in total. The third-order valence-electron chi connectivity index (χ3n) is 10.9. The second-order valence-electron chi connectivity index (χ2n) is 13.6. The van der Waals surface area contributed by atoms with Crippen LogP contribution >= 0.6 is 0 Å². The van der Waals surface area contributed by atoms with Crippen LogP contribution in [0.5, 0.6) is 11.5 Å². The fourth-order valence-corrected chi connectivity index (χ4v) is 8.72. The second kappa shape index (κ2) is 11.1. The molecule has 8 aromatic carbocycles. The molecule has 52 heavy (non-hydrogen) atoms. The molecule has 0 atom stereocenters. The largest absolute Gasteiger partial charge is 0.457 e. The number of hydrogen-bond acceptors (Lipinski definition) is 3. The zero-order chi connectivity index (χ0) is 34.2. The molecular formula is C49H31NO2. The average molecular weight is 666 g/mol. The number of ether oxygens (including phenoxy) is 1. The fourth-order valence-electron chi connectivity index (χ4n) is 8.72. The van der Waals surface area contributed by atoms with Crippen LogP contribution in [-0.2, 0) is 5.41 Å². The number of anilines is 3. The van der Waals surface area contributed by atoms with E-state index in [9.17, 15) is 0 Å². The molecule has 11 rings (SSSR count).